The van der Waals surface area contributed by atoms with Crippen LogP contribution in [0.1, 0.15) is 13.8 Å². The number of thioether (sulfide) groups is 1. The van der Waals surface area contributed by atoms with E-state index in [1.807, 2.05) is 24.5 Å². The van der Waals surface area contributed by atoms with Gasteiger partial charge in [0.2, 0.25) is 0 Å². The van der Waals surface area contributed by atoms with Gasteiger partial charge in [-0.3, -0.25) is 4.79 Å². The average Bonchev–Trinajstić information content (AvgIpc) is 2.28. The van der Waals surface area contributed by atoms with Crippen molar-refractivity contribution in [3.63, 3.8) is 0 Å². The molecule has 0 amide bonds. The quantitative estimate of drug-likeness (QED) is 0.382. The van der Waals surface area contributed by atoms with Crippen molar-refractivity contribution in [3.05, 3.63) is 35.7 Å². The molecule has 1 N–H and O–H groups in total. The third-order valence-electron chi connectivity index (χ3n) is 1.99. The molecular formula is C12H14N2O2S. The molecule has 0 fully saturated rings. The van der Waals surface area contributed by atoms with Crippen molar-refractivity contribution in [2.45, 2.75) is 18.7 Å². The van der Waals surface area contributed by atoms with E-state index in [2.05, 4.69) is 10.2 Å². The van der Waals surface area contributed by atoms with Crippen LogP contribution in [0.5, 0.6) is 0 Å². The number of carbonyl (C=O) groups excluding carboxylic acids is 1. The molecule has 0 aliphatic carbocycles. The highest BCUT2D eigenvalue weighted by Gasteiger charge is 2.06. The molecule has 1 aromatic carbocycles. The zero-order chi connectivity index (χ0) is 12.8. The first-order valence-electron chi connectivity index (χ1n) is 5.01. The lowest BCUT2D eigenvalue weighted by atomic mass is 10.3. The fourth-order valence-electron chi connectivity index (χ4n) is 1.18. The second-order valence-corrected chi connectivity index (χ2v) is 4.27. The van der Waals surface area contributed by atoms with Gasteiger partial charge in [-0.2, -0.15) is 5.11 Å². The second kappa shape index (κ2) is 6.20. The lowest BCUT2D eigenvalue weighted by molar-refractivity contribution is -0.113. The third kappa shape index (κ3) is 4.03. The van der Waals surface area contributed by atoms with Crippen LogP contribution in [0.15, 0.2) is 50.8 Å². The number of rotatable bonds is 4. The van der Waals surface area contributed by atoms with Crippen LogP contribution in [-0.2, 0) is 4.79 Å². The molecule has 0 heterocycles. The predicted molar refractivity (Wildman–Crippen MR) is 68.7 cm³/mol. The molecule has 0 atom stereocenters. The zero-order valence-electron chi connectivity index (χ0n) is 9.97. The molecule has 0 saturated heterocycles. The first-order valence-corrected chi connectivity index (χ1v) is 6.23. The molecule has 1 aromatic rings. The lowest BCUT2D eigenvalue weighted by Crippen LogP contribution is -1.96. The number of Topliss-reactive ketones (excluding diaryl/α,β-unsaturated/α-hetero) is 1. The van der Waals surface area contributed by atoms with Crippen LogP contribution >= 0.6 is 11.8 Å². The van der Waals surface area contributed by atoms with Crippen LogP contribution in [0.3, 0.4) is 0 Å². The van der Waals surface area contributed by atoms with Crippen LogP contribution in [0.2, 0.25) is 0 Å². The van der Waals surface area contributed by atoms with E-state index < -0.39 is 0 Å². The molecule has 0 bridgehead atoms. The van der Waals surface area contributed by atoms with Crippen molar-refractivity contribution in [1.29, 1.82) is 0 Å². The summed E-state index contributed by atoms with van der Waals surface area (Å²) in [5.41, 5.74) is 0.636. The van der Waals surface area contributed by atoms with Crippen molar-refractivity contribution >= 4 is 23.2 Å². The van der Waals surface area contributed by atoms with Crippen LogP contribution in [0.4, 0.5) is 5.69 Å². The van der Waals surface area contributed by atoms with Crippen LogP contribution in [0, 0.1) is 0 Å². The van der Waals surface area contributed by atoms with Gasteiger partial charge < -0.3 is 5.11 Å². The van der Waals surface area contributed by atoms with E-state index in [1.54, 1.807) is 17.8 Å². The summed E-state index contributed by atoms with van der Waals surface area (Å²) in [4.78, 5) is 12.2. The minimum absolute atomic E-state index is 0.0143. The Morgan fingerprint density at radius 3 is 2.59 bits per heavy atom. The number of carbonyl (C=O) groups is 1. The van der Waals surface area contributed by atoms with Crippen LogP contribution in [0.25, 0.3) is 0 Å². The normalized spacial score (nSPS) is 12.6. The molecule has 17 heavy (non-hydrogen) atoms. The van der Waals surface area contributed by atoms with Crippen molar-refractivity contribution in [2.75, 3.05) is 6.26 Å². The molecule has 0 saturated carbocycles. The Kier molecular flexibility index (Phi) is 4.90. The van der Waals surface area contributed by atoms with Crippen molar-refractivity contribution in [1.82, 2.24) is 0 Å². The molecule has 0 radical (unpaired) electrons. The number of hydrogen-bond donors (Lipinski definition) is 1. The zero-order valence-corrected chi connectivity index (χ0v) is 10.8. The van der Waals surface area contributed by atoms with Crippen molar-refractivity contribution in [2.24, 2.45) is 10.2 Å². The fraction of sp³-hybridized carbons (Fsp3) is 0.250. The monoisotopic (exact) mass is 250 g/mol. The molecule has 4 nitrogen and oxygen atoms in total. The largest absolute Gasteiger partial charge is 0.510 e. The summed E-state index contributed by atoms with van der Waals surface area (Å²) in [6, 6.07) is 7.47. The van der Waals surface area contributed by atoms with Crippen molar-refractivity contribution < 1.29 is 9.90 Å². The van der Waals surface area contributed by atoms with Gasteiger partial charge in [-0.15, -0.1) is 16.9 Å². The van der Waals surface area contributed by atoms with Crippen molar-refractivity contribution in [3.8, 4) is 0 Å². The SMILES string of the molecule is CSc1cccc(N=N/C(C(C)=O)=C(\C)O)c1. The molecule has 0 aromatic heterocycles. The minimum Gasteiger partial charge on any atom is -0.510 e. The van der Waals surface area contributed by atoms with E-state index in [4.69, 9.17) is 0 Å². The molecule has 0 unspecified atom stereocenters. The number of allylic oxidation sites excluding steroid dienone is 2. The number of azo groups is 1. The summed E-state index contributed by atoms with van der Waals surface area (Å²) < 4.78 is 0. The Bertz CT molecular complexity index is 477. The van der Waals surface area contributed by atoms with Gasteiger partial charge in [-0.25, -0.2) is 0 Å². The first kappa shape index (κ1) is 13.4. The van der Waals surface area contributed by atoms with E-state index in [1.165, 1.54) is 13.8 Å². The summed E-state index contributed by atoms with van der Waals surface area (Å²) in [5, 5.41) is 17.0. The molecule has 0 aliphatic rings. The topological polar surface area (TPSA) is 62.0 Å². The molecule has 0 aliphatic heterocycles. The standard InChI is InChI=1S/C12H14N2O2S/c1-8(15)12(9(2)16)14-13-10-5-4-6-11(7-10)17-3/h4-7,15H,1-3H3/b12-8+,14-13?. The summed E-state index contributed by atoms with van der Waals surface area (Å²) in [5.74, 6) is -0.433. The van der Waals surface area contributed by atoms with Gasteiger partial charge in [0.25, 0.3) is 0 Å². The molecular weight excluding hydrogens is 236 g/mol. The van der Waals surface area contributed by atoms with E-state index in [0.29, 0.717) is 5.69 Å². The number of aliphatic hydroxyl groups excluding tert-OH is 1. The minimum atomic E-state index is -0.310. The Labute approximate surface area is 104 Å². The maximum atomic E-state index is 11.2. The number of hydrogen-bond acceptors (Lipinski definition) is 5. The number of ketones is 1. The molecule has 0 spiro atoms. The predicted octanol–water partition coefficient (Wildman–Crippen LogP) is 3.87. The maximum Gasteiger partial charge on any atom is 0.183 e. The second-order valence-electron chi connectivity index (χ2n) is 3.39. The van der Waals surface area contributed by atoms with Gasteiger partial charge in [0.1, 0.15) is 5.76 Å². The van der Waals surface area contributed by atoms with Gasteiger partial charge in [0.05, 0.1) is 5.69 Å². The summed E-state index contributed by atoms with van der Waals surface area (Å²) in [7, 11) is 0. The van der Waals surface area contributed by atoms with Crippen LogP contribution < -0.4 is 0 Å². The maximum absolute atomic E-state index is 11.2. The van der Waals surface area contributed by atoms with Gasteiger partial charge in [-0.1, -0.05) is 6.07 Å². The summed E-state index contributed by atoms with van der Waals surface area (Å²) in [6.07, 6.45) is 1.97. The Hall–Kier alpha value is -1.62. The molecule has 5 heteroatoms. The molecule has 1 rings (SSSR count). The average molecular weight is 250 g/mol. The highest BCUT2D eigenvalue weighted by atomic mass is 32.2. The van der Waals surface area contributed by atoms with E-state index in [9.17, 15) is 9.90 Å². The Morgan fingerprint density at radius 2 is 2.06 bits per heavy atom. The van der Waals surface area contributed by atoms with Gasteiger partial charge >= 0.3 is 0 Å². The van der Waals surface area contributed by atoms with Crippen LogP contribution in [-0.4, -0.2) is 17.1 Å². The van der Waals surface area contributed by atoms with E-state index in [0.717, 1.165) is 4.90 Å². The van der Waals surface area contributed by atoms with E-state index in [-0.39, 0.29) is 17.2 Å². The smallest absolute Gasteiger partial charge is 0.183 e. The van der Waals surface area contributed by atoms with Gasteiger partial charge in [-0.05, 0) is 31.4 Å². The lowest BCUT2D eigenvalue weighted by Gasteiger charge is -1.98. The highest BCUT2D eigenvalue weighted by molar-refractivity contribution is 7.98. The van der Waals surface area contributed by atoms with E-state index >= 15 is 0 Å². The number of aliphatic hydroxyl groups is 1. The Morgan fingerprint density at radius 1 is 1.35 bits per heavy atom. The number of nitrogens with zero attached hydrogens (tertiary/aromatic N) is 2. The fourth-order valence-corrected chi connectivity index (χ4v) is 1.63. The first-order chi connectivity index (χ1) is 8.04. The number of benzene rings is 1. The third-order valence-corrected chi connectivity index (χ3v) is 2.72. The summed E-state index contributed by atoms with van der Waals surface area (Å²) in [6.45, 7) is 2.75. The summed E-state index contributed by atoms with van der Waals surface area (Å²) >= 11 is 1.60. The Balaban J connectivity index is 2.97. The highest BCUT2D eigenvalue weighted by Crippen LogP contribution is 2.22. The van der Waals surface area contributed by atoms with Gasteiger partial charge in [0, 0.05) is 11.8 Å². The van der Waals surface area contributed by atoms with Gasteiger partial charge in [0.15, 0.2) is 11.5 Å². The molecule has 90 valence electrons.